The fourth-order valence-electron chi connectivity index (χ4n) is 6.30. The van der Waals surface area contributed by atoms with Crippen molar-refractivity contribution < 1.29 is 24.3 Å². The van der Waals surface area contributed by atoms with E-state index in [9.17, 15) is 19.2 Å². The maximum atomic E-state index is 13.0. The van der Waals surface area contributed by atoms with Crippen molar-refractivity contribution in [3.8, 4) is 11.1 Å². The SMILES string of the molecule is CC(=O)N1CCN(Cc2ccc(NC(=O)c3ccc(-c4cc(NC(=O)N5CCN(C)CC5)ccc4C)cc3)cc2)CC1.O=C(O)[C@@H]1CCCN1. The normalized spacial score (nSPS) is 18.2. The van der Waals surface area contributed by atoms with Gasteiger partial charge in [-0.05, 0) is 92.0 Å². The van der Waals surface area contributed by atoms with E-state index in [1.54, 1.807) is 6.92 Å². The van der Waals surface area contributed by atoms with Crippen molar-refractivity contribution in [3.05, 3.63) is 83.4 Å². The number of carbonyl (C=O) groups excluding carboxylic acids is 3. The van der Waals surface area contributed by atoms with Gasteiger partial charge in [0.05, 0.1) is 0 Å². The molecule has 6 rings (SSSR count). The third kappa shape index (κ3) is 10.1. The van der Waals surface area contributed by atoms with Crippen LogP contribution >= 0.6 is 0 Å². The van der Waals surface area contributed by atoms with Gasteiger partial charge in [-0.3, -0.25) is 19.3 Å². The quantitative estimate of drug-likeness (QED) is 0.291. The van der Waals surface area contributed by atoms with E-state index in [2.05, 4.69) is 32.8 Å². The second-order valence-electron chi connectivity index (χ2n) is 13.2. The third-order valence-corrected chi connectivity index (χ3v) is 9.53. The Kier molecular flexibility index (Phi) is 12.6. The van der Waals surface area contributed by atoms with Crippen molar-refractivity contribution in [1.29, 1.82) is 0 Å². The Bertz CT molecular complexity index is 1620. The lowest BCUT2D eigenvalue weighted by atomic mass is 9.98. The van der Waals surface area contributed by atoms with E-state index < -0.39 is 5.97 Å². The van der Waals surface area contributed by atoms with Gasteiger partial charge in [-0.25, -0.2) is 4.79 Å². The molecule has 0 aliphatic carbocycles. The number of aliphatic carboxylic acids is 1. The number of urea groups is 1. The lowest BCUT2D eigenvalue weighted by Crippen LogP contribution is -2.48. The minimum absolute atomic E-state index is 0.0783. The van der Waals surface area contributed by atoms with E-state index in [0.29, 0.717) is 5.56 Å². The molecule has 3 saturated heterocycles. The van der Waals surface area contributed by atoms with Crippen molar-refractivity contribution in [2.75, 3.05) is 76.6 Å². The highest BCUT2D eigenvalue weighted by molar-refractivity contribution is 6.04. The third-order valence-electron chi connectivity index (χ3n) is 9.53. The van der Waals surface area contributed by atoms with E-state index in [1.165, 1.54) is 5.56 Å². The summed E-state index contributed by atoms with van der Waals surface area (Å²) in [5.74, 6) is -0.752. The van der Waals surface area contributed by atoms with Gasteiger partial charge in [0.1, 0.15) is 6.04 Å². The molecule has 266 valence electrons. The molecule has 0 saturated carbocycles. The largest absolute Gasteiger partial charge is 0.480 e. The summed E-state index contributed by atoms with van der Waals surface area (Å²) in [6.07, 6.45) is 1.78. The van der Waals surface area contributed by atoms with Crippen LogP contribution in [0.5, 0.6) is 0 Å². The molecule has 1 atom stereocenters. The summed E-state index contributed by atoms with van der Waals surface area (Å²) in [4.78, 5) is 55.7. The number of piperazine rings is 2. The smallest absolute Gasteiger partial charge is 0.321 e. The molecule has 3 fully saturated rings. The van der Waals surface area contributed by atoms with Gasteiger partial charge in [0, 0.05) is 82.8 Å². The van der Waals surface area contributed by atoms with Gasteiger partial charge in [0.25, 0.3) is 5.91 Å². The first kappa shape index (κ1) is 36.5. The van der Waals surface area contributed by atoms with Crippen LogP contribution in [0.2, 0.25) is 0 Å². The van der Waals surface area contributed by atoms with Crippen LogP contribution < -0.4 is 16.0 Å². The molecule has 0 radical (unpaired) electrons. The zero-order valence-corrected chi connectivity index (χ0v) is 29.3. The van der Waals surface area contributed by atoms with Crippen molar-refractivity contribution in [2.45, 2.75) is 39.3 Å². The summed E-state index contributed by atoms with van der Waals surface area (Å²) in [7, 11) is 2.07. The number of rotatable bonds is 7. The number of anilines is 2. The van der Waals surface area contributed by atoms with Crippen molar-refractivity contribution in [2.24, 2.45) is 0 Å². The highest BCUT2D eigenvalue weighted by atomic mass is 16.4. The van der Waals surface area contributed by atoms with Crippen molar-refractivity contribution in [1.82, 2.24) is 24.9 Å². The minimum Gasteiger partial charge on any atom is -0.480 e. The number of carboxylic acids is 1. The predicted molar refractivity (Wildman–Crippen MR) is 195 cm³/mol. The molecular weight excluding hydrogens is 634 g/mol. The van der Waals surface area contributed by atoms with Crippen LogP contribution in [0.25, 0.3) is 11.1 Å². The van der Waals surface area contributed by atoms with E-state index in [0.717, 1.165) is 106 Å². The number of nitrogens with zero attached hydrogens (tertiary/aromatic N) is 4. The fraction of sp³-hybridized carbons (Fsp3) is 0.421. The van der Waals surface area contributed by atoms with E-state index in [1.807, 2.05) is 83.5 Å². The lowest BCUT2D eigenvalue weighted by Gasteiger charge is -2.34. The lowest BCUT2D eigenvalue weighted by molar-refractivity contribution is -0.139. The number of hydrogen-bond donors (Lipinski definition) is 4. The molecule has 0 unspecified atom stereocenters. The van der Waals surface area contributed by atoms with E-state index in [-0.39, 0.29) is 23.9 Å². The summed E-state index contributed by atoms with van der Waals surface area (Å²) in [6, 6.07) is 21.0. The molecule has 12 heteroatoms. The molecule has 3 aliphatic rings. The van der Waals surface area contributed by atoms with Gasteiger partial charge in [-0.2, -0.15) is 0 Å². The number of carbonyl (C=O) groups is 4. The molecule has 3 aromatic rings. The van der Waals surface area contributed by atoms with Crippen LogP contribution in [0.1, 0.15) is 41.3 Å². The summed E-state index contributed by atoms with van der Waals surface area (Å²) < 4.78 is 0. The Balaban J connectivity index is 0.000000535. The molecule has 4 N–H and O–H groups in total. The van der Waals surface area contributed by atoms with Crippen molar-refractivity contribution in [3.63, 3.8) is 0 Å². The van der Waals surface area contributed by atoms with Gasteiger partial charge in [0.15, 0.2) is 0 Å². The molecule has 0 spiro atoms. The summed E-state index contributed by atoms with van der Waals surface area (Å²) in [5, 5.41) is 17.2. The van der Waals surface area contributed by atoms with Crippen LogP contribution in [0.3, 0.4) is 0 Å². The maximum absolute atomic E-state index is 13.0. The first-order valence-electron chi connectivity index (χ1n) is 17.4. The molecule has 3 heterocycles. The predicted octanol–water partition coefficient (Wildman–Crippen LogP) is 4.18. The van der Waals surface area contributed by atoms with E-state index in [4.69, 9.17) is 5.11 Å². The number of amides is 4. The molecule has 50 heavy (non-hydrogen) atoms. The number of benzene rings is 3. The maximum Gasteiger partial charge on any atom is 0.321 e. The monoisotopic (exact) mass is 683 g/mol. The Hall–Kier alpha value is -4.78. The van der Waals surface area contributed by atoms with Gasteiger partial charge in [-0.1, -0.05) is 30.3 Å². The van der Waals surface area contributed by atoms with Gasteiger partial charge in [0.2, 0.25) is 5.91 Å². The summed E-state index contributed by atoms with van der Waals surface area (Å²) in [6.45, 7) is 11.8. The number of hydrogen-bond acceptors (Lipinski definition) is 7. The second-order valence-corrected chi connectivity index (χ2v) is 13.2. The zero-order chi connectivity index (χ0) is 35.6. The first-order valence-corrected chi connectivity index (χ1v) is 17.4. The molecular formula is C38H49N7O5. The van der Waals surface area contributed by atoms with E-state index >= 15 is 0 Å². The summed E-state index contributed by atoms with van der Waals surface area (Å²) in [5.41, 5.74) is 6.32. The Morgan fingerprint density at radius 3 is 2.02 bits per heavy atom. The molecule has 3 aromatic carbocycles. The molecule has 0 bridgehead atoms. The first-order chi connectivity index (χ1) is 24.0. The number of carboxylic acid groups (broad SMARTS) is 1. The molecule has 3 aliphatic heterocycles. The molecule has 4 amide bonds. The summed E-state index contributed by atoms with van der Waals surface area (Å²) >= 11 is 0. The average Bonchev–Trinajstić information content (AvgIpc) is 3.67. The van der Waals surface area contributed by atoms with Crippen LogP contribution in [0, 0.1) is 6.92 Å². The highest BCUT2D eigenvalue weighted by Crippen LogP contribution is 2.27. The second kappa shape index (κ2) is 17.2. The Labute approximate surface area is 294 Å². The number of aryl methyl sites for hydroxylation is 1. The van der Waals surface area contributed by atoms with Crippen LogP contribution in [-0.4, -0.2) is 121 Å². The topological polar surface area (TPSA) is 138 Å². The Morgan fingerprint density at radius 2 is 1.44 bits per heavy atom. The van der Waals surface area contributed by atoms with Crippen LogP contribution in [0.15, 0.2) is 66.7 Å². The highest BCUT2D eigenvalue weighted by Gasteiger charge is 2.21. The van der Waals surface area contributed by atoms with Gasteiger partial charge < -0.3 is 35.8 Å². The van der Waals surface area contributed by atoms with Gasteiger partial charge in [-0.15, -0.1) is 0 Å². The van der Waals surface area contributed by atoms with Crippen molar-refractivity contribution >= 4 is 35.2 Å². The van der Waals surface area contributed by atoms with Crippen LogP contribution in [-0.2, 0) is 16.1 Å². The standard InChI is InChI=1S/C33H40N6O3.C5H9NO2/c1-24-4-11-30(35-33(42)39-18-14-36(3)15-19-39)22-31(24)27-7-9-28(10-8-27)32(41)34-29-12-5-26(6-13-29)23-37-16-20-38(21-17-37)25(2)40;7-5(8)4-2-1-3-6-4/h4-13,22H,14-21,23H2,1-3H3,(H,34,41)(H,35,42);4,6H,1-3H2,(H,7,8)/t;4-/m.0/s1. The number of nitrogens with one attached hydrogen (secondary N) is 3. The zero-order valence-electron chi connectivity index (χ0n) is 29.3. The molecule has 0 aromatic heterocycles. The minimum atomic E-state index is -0.720. The number of likely N-dealkylation sites (N-methyl/N-ethyl adjacent to an activating group) is 1. The fourth-order valence-corrected chi connectivity index (χ4v) is 6.30. The average molecular weight is 684 g/mol. The Morgan fingerprint density at radius 1 is 0.800 bits per heavy atom. The van der Waals surface area contributed by atoms with Gasteiger partial charge >= 0.3 is 12.0 Å². The van der Waals surface area contributed by atoms with Crippen LogP contribution in [0.4, 0.5) is 16.2 Å². The molecule has 12 nitrogen and oxygen atoms in total.